The van der Waals surface area contributed by atoms with Gasteiger partial charge in [-0.3, -0.25) is 9.59 Å². The molecule has 3 amide bonds. The lowest BCUT2D eigenvalue weighted by atomic mass is 10.0. The standard InChI is InChI=1S/C31H35N3O7S/c1-3-39-29(37)17-32-31(38)34-25-10-8-23(9-11-25)30-40-26(16-28(41-30)22-6-4-21(18-35)5-7-22)19-42-27-14-12-24(13-15-27)33-20(2)36/h4-15,26,28,30,35H,3,16-19H2,1-2H3,(H,33,36)(H2,32,34,38). The van der Waals surface area contributed by atoms with Crippen molar-refractivity contribution in [1.82, 2.24) is 5.32 Å². The Kier molecular flexibility index (Phi) is 11.4. The Labute approximate surface area is 249 Å². The van der Waals surface area contributed by atoms with Crippen molar-refractivity contribution in [1.29, 1.82) is 0 Å². The Bertz CT molecular complexity index is 1330. The van der Waals surface area contributed by atoms with Gasteiger partial charge in [0.2, 0.25) is 5.91 Å². The molecule has 1 aliphatic heterocycles. The molecule has 3 aromatic carbocycles. The molecule has 0 aliphatic carbocycles. The summed E-state index contributed by atoms with van der Waals surface area (Å²) in [5.74, 6) is 0.0613. The number of anilines is 2. The van der Waals surface area contributed by atoms with E-state index in [1.54, 1.807) is 30.8 Å². The fourth-order valence-electron chi connectivity index (χ4n) is 4.31. The van der Waals surface area contributed by atoms with E-state index >= 15 is 0 Å². The zero-order chi connectivity index (χ0) is 29.9. The molecule has 1 fully saturated rings. The maximum Gasteiger partial charge on any atom is 0.325 e. The van der Waals surface area contributed by atoms with Crippen LogP contribution in [0.3, 0.4) is 0 Å². The van der Waals surface area contributed by atoms with Gasteiger partial charge in [0.1, 0.15) is 6.54 Å². The Morgan fingerprint density at radius 3 is 2.19 bits per heavy atom. The molecule has 1 aliphatic rings. The topological polar surface area (TPSA) is 135 Å². The molecule has 42 heavy (non-hydrogen) atoms. The smallest absolute Gasteiger partial charge is 0.325 e. The van der Waals surface area contributed by atoms with Crippen molar-refractivity contribution in [3.63, 3.8) is 0 Å². The average molecular weight is 594 g/mol. The highest BCUT2D eigenvalue weighted by Crippen LogP contribution is 2.39. The molecule has 0 aromatic heterocycles. The predicted molar refractivity (Wildman–Crippen MR) is 160 cm³/mol. The van der Waals surface area contributed by atoms with Gasteiger partial charge in [-0.1, -0.05) is 36.4 Å². The van der Waals surface area contributed by atoms with E-state index in [1.807, 2.05) is 60.7 Å². The molecule has 4 rings (SSSR count). The lowest BCUT2D eigenvalue weighted by Crippen LogP contribution is -2.34. The van der Waals surface area contributed by atoms with Crippen LogP contribution < -0.4 is 16.0 Å². The maximum absolute atomic E-state index is 12.1. The van der Waals surface area contributed by atoms with Gasteiger partial charge in [0.15, 0.2) is 6.29 Å². The van der Waals surface area contributed by atoms with Crippen molar-refractivity contribution >= 4 is 41.0 Å². The van der Waals surface area contributed by atoms with Crippen LogP contribution in [-0.2, 0) is 30.4 Å². The number of urea groups is 1. The van der Waals surface area contributed by atoms with Crippen molar-refractivity contribution in [3.8, 4) is 0 Å². The van der Waals surface area contributed by atoms with E-state index in [1.165, 1.54) is 6.92 Å². The number of amides is 3. The third kappa shape index (κ3) is 9.31. The van der Waals surface area contributed by atoms with Gasteiger partial charge in [-0.25, -0.2) is 4.79 Å². The van der Waals surface area contributed by atoms with Crippen LogP contribution in [0.15, 0.2) is 77.7 Å². The van der Waals surface area contributed by atoms with Gasteiger partial charge in [-0.05, 0) is 54.4 Å². The average Bonchev–Trinajstić information content (AvgIpc) is 3.00. The maximum atomic E-state index is 12.1. The second-order valence-electron chi connectivity index (χ2n) is 9.60. The molecule has 0 bridgehead atoms. The summed E-state index contributed by atoms with van der Waals surface area (Å²) in [6.45, 7) is 3.17. The fraction of sp³-hybridized carbons (Fsp3) is 0.323. The van der Waals surface area contributed by atoms with Crippen LogP contribution in [-0.4, -0.2) is 48.0 Å². The highest BCUT2D eigenvalue weighted by molar-refractivity contribution is 7.99. The molecular weight excluding hydrogens is 558 g/mol. The molecule has 1 saturated heterocycles. The molecule has 3 atom stereocenters. The zero-order valence-corrected chi connectivity index (χ0v) is 24.3. The van der Waals surface area contributed by atoms with Crippen LogP contribution in [0.2, 0.25) is 0 Å². The molecule has 222 valence electrons. The number of rotatable bonds is 11. The van der Waals surface area contributed by atoms with E-state index in [0.29, 0.717) is 17.9 Å². The minimum absolute atomic E-state index is 0.0290. The Morgan fingerprint density at radius 1 is 0.905 bits per heavy atom. The first-order valence-corrected chi connectivity index (χ1v) is 14.6. The van der Waals surface area contributed by atoms with E-state index in [4.69, 9.17) is 14.2 Å². The quantitative estimate of drug-likeness (QED) is 0.177. The van der Waals surface area contributed by atoms with Gasteiger partial charge in [-0.2, -0.15) is 0 Å². The van der Waals surface area contributed by atoms with Crippen molar-refractivity contribution in [2.45, 2.75) is 50.3 Å². The minimum atomic E-state index is -0.638. The molecule has 4 N–H and O–H groups in total. The molecule has 10 nitrogen and oxygen atoms in total. The van der Waals surface area contributed by atoms with E-state index < -0.39 is 18.3 Å². The monoisotopic (exact) mass is 593 g/mol. The first kappa shape index (κ1) is 31.0. The van der Waals surface area contributed by atoms with Crippen molar-refractivity contribution in [3.05, 3.63) is 89.5 Å². The zero-order valence-electron chi connectivity index (χ0n) is 23.5. The van der Waals surface area contributed by atoms with Gasteiger partial charge >= 0.3 is 12.0 Å². The van der Waals surface area contributed by atoms with Crippen LogP contribution in [0, 0.1) is 0 Å². The number of carbonyl (C=O) groups is 3. The number of nitrogens with one attached hydrogen (secondary N) is 3. The number of hydrogen-bond donors (Lipinski definition) is 4. The third-order valence-electron chi connectivity index (χ3n) is 6.36. The molecule has 0 radical (unpaired) electrons. The van der Waals surface area contributed by atoms with E-state index in [0.717, 1.165) is 27.3 Å². The minimum Gasteiger partial charge on any atom is -0.465 e. The van der Waals surface area contributed by atoms with Crippen LogP contribution >= 0.6 is 11.8 Å². The lowest BCUT2D eigenvalue weighted by Gasteiger charge is -2.36. The first-order valence-electron chi connectivity index (χ1n) is 13.6. The summed E-state index contributed by atoms with van der Waals surface area (Å²) in [6, 6.07) is 22.0. The normalized spacial score (nSPS) is 18.1. The molecule has 3 unspecified atom stereocenters. The first-order chi connectivity index (χ1) is 20.3. The number of hydrogen-bond acceptors (Lipinski definition) is 8. The highest BCUT2D eigenvalue weighted by Gasteiger charge is 2.32. The van der Waals surface area contributed by atoms with Gasteiger partial charge in [-0.15, -0.1) is 11.8 Å². The fourth-order valence-corrected chi connectivity index (χ4v) is 5.23. The molecule has 1 heterocycles. The highest BCUT2D eigenvalue weighted by atomic mass is 32.2. The molecule has 3 aromatic rings. The number of aliphatic hydroxyl groups is 1. The molecule has 11 heteroatoms. The van der Waals surface area contributed by atoms with E-state index in [-0.39, 0.29) is 37.9 Å². The van der Waals surface area contributed by atoms with Gasteiger partial charge in [0, 0.05) is 40.9 Å². The summed E-state index contributed by atoms with van der Waals surface area (Å²) in [6.07, 6.45) is -0.346. The van der Waals surface area contributed by atoms with Crippen LogP contribution in [0.25, 0.3) is 0 Å². The van der Waals surface area contributed by atoms with Gasteiger partial charge in [0.05, 0.1) is 25.4 Å². The van der Waals surface area contributed by atoms with Crippen molar-refractivity contribution in [2.75, 3.05) is 29.5 Å². The second-order valence-corrected chi connectivity index (χ2v) is 10.7. The SMILES string of the molecule is CCOC(=O)CNC(=O)Nc1ccc(C2OC(CSc3ccc(NC(C)=O)cc3)CC(c3ccc(CO)cc3)O2)cc1. The van der Waals surface area contributed by atoms with Crippen LogP contribution in [0.4, 0.5) is 16.2 Å². The summed E-state index contributed by atoms with van der Waals surface area (Å²) in [5.41, 5.74) is 3.90. The summed E-state index contributed by atoms with van der Waals surface area (Å²) < 4.78 is 17.6. The Morgan fingerprint density at radius 2 is 1.55 bits per heavy atom. The number of benzene rings is 3. The largest absolute Gasteiger partial charge is 0.465 e. The summed E-state index contributed by atoms with van der Waals surface area (Å²) >= 11 is 1.66. The summed E-state index contributed by atoms with van der Waals surface area (Å²) in [4.78, 5) is 36.0. The van der Waals surface area contributed by atoms with Crippen molar-refractivity contribution in [2.24, 2.45) is 0 Å². The third-order valence-corrected chi connectivity index (χ3v) is 7.51. The van der Waals surface area contributed by atoms with Crippen molar-refractivity contribution < 1.29 is 33.7 Å². The van der Waals surface area contributed by atoms with E-state index in [2.05, 4.69) is 16.0 Å². The Hall–Kier alpha value is -3.90. The predicted octanol–water partition coefficient (Wildman–Crippen LogP) is 5.16. The summed E-state index contributed by atoms with van der Waals surface area (Å²) in [7, 11) is 0. The van der Waals surface area contributed by atoms with Crippen LogP contribution in [0.1, 0.15) is 49.4 Å². The number of esters is 1. The molecular formula is C31H35N3O7S. The molecule has 0 spiro atoms. The van der Waals surface area contributed by atoms with Crippen LogP contribution in [0.5, 0.6) is 0 Å². The number of carbonyl (C=O) groups excluding carboxylic acids is 3. The second kappa shape index (κ2) is 15.4. The Balaban J connectivity index is 1.42. The number of ether oxygens (including phenoxy) is 3. The van der Waals surface area contributed by atoms with Gasteiger partial charge in [0.25, 0.3) is 0 Å². The van der Waals surface area contributed by atoms with Gasteiger partial charge < -0.3 is 35.3 Å². The van der Waals surface area contributed by atoms with E-state index in [9.17, 15) is 19.5 Å². The number of aliphatic hydroxyl groups excluding tert-OH is 1. The summed E-state index contributed by atoms with van der Waals surface area (Å²) in [5, 5.41) is 17.4. The number of thioether (sulfide) groups is 1. The lowest BCUT2D eigenvalue weighted by molar-refractivity contribution is -0.245. The molecule has 0 saturated carbocycles.